The summed E-state index contributed by atoms with van der Waals surface area (Å²) in [7, 11) is -10.1. The van der Waals surface area contributed by atoms with Gasteiger partial charge in [0, 0.05) is 48.7 Å². The van der Waals surface area contributed by atoms with Crippen molar-refractivity contribution >= 4 is 90.0 Å². The van der Waals surface area contributed by atoms with E-state index in [2.05, 4.69) is 41.5 Å². The molecule has 388 valence electrons. The molecule has 20 nitrogen and oxygen atoms in total. The van der Waals surface area contributed by atoms with Gasteiger partial charge in [-0.3, -0.25) is 0 Å². The van der Waals surface area contributed by atoms with Gasteiger partial charge in [-0.1, -0.05) is 121 Å². The van der Waals surface area contributed by atoms with E-state index in [1.807, 2.05) is 131 Å². The molecule has 8 aromatic rings. The normalized spacial score (nSPS) is 13.7. The van der Waals surface area contributed by atoms with Crippen molar-refractivity contribution in [1.82, 2.24) is 30.8 Å². The van der Waals surface area contributed by atoms with Gasteiger partial charge in [0.05, 0.1) is 93.9 Å². The Bertz CT molecular complexity index is 3340. The fourth-order valence-corrected chi connectivity index (χ4v) is 10.5. The smallest absolute Gasteiger partial charge is 0.744 e. The quantitative estimate of drug-likeness (QED) is 0.0520. The fraction of sp³-hybridized carbons (Fsp3) is 0.148. The molecule has 2 aliphatic rings. The maximum absolute atomic E-state index is 12.8. The molecule has 0 bridgehead atoms. The van der Waals surface area contributed by atoms with E-state index < -0.39 is 30.0 Å². The third-order valence-electron chi connectivity index (χ3n) is 12.2. The molecule has 4 heterocycles. The summed E-state index contributed by atoms with van der Waals surface area (Å²) in [5.74, 6) is 0. The average molecular weight is 1110 g/mol. The van der Waals surface area contributed by atoms with E-state index >= 15 is 0 Å². The molecular formula is C54H50N12Na2O8S2. The molecule has 10 rings (SSSR count). The minimum absolute atomic E-state index is 0. The summed E-state index contributed by atoms with van der Waals surface area (Å²) in [6, 6.07) is 40.5. The molecule has 6 aromatic carbocycles. The molecule has 78 heavy (non-hydrogen) atoms. The molecule has 2 aromatic heterocycles. The number of nitrogens with one attached hydrogen (secondary N) is 2. The minimum atomic E-state index is -5.03. The SMILES string of the molecule is Nc1c(-c2ccnnn2)c(N2CCOCC2)c(Nc2ccccc2)c(C=Cc2ccccc2)c1S(=O)(=O)[O-].Nc1c(-c2ccnnn2)c(N2CCOCC2)c(Nc2ccccc2)c(C=Cc2ccccc2)c1S(=O)(=O)[O-].[Na+].[Na+]. The number of morpholine rings is 2. The number of ether oxygens (including phenoxy) is 2. The maximum atomic E-state index is 12.8. The molecule has 0 atom stereocenters. The van der Waals surface area contributed by atoms with Crippen LogP contribution in [0.4, 0.5) is 45.5 Å². The van der Waals surface area contributed by atoms with Crippen LogP contribution < -0.4 is 91.0 Å². The molecule has 0 unspecified atom stereocenters. The zero-order valence-electron chi connectivity index (χ0n) is 42.6. The molecule has 0 radical (unpaired) electrons. The van der Waals surface area contributed by atoms with Crippen LogP contribution in [-0.4, -0.2) is 109 Å². The van der Waals surface area contributed by atoms with Crippen LogP contribution in [0.5, 0.6) is 0 Å². The van der Waals surface area contributed by atoms with Crippen LogP contribution in [0.1, 0.15) is 22.3 Å². The van der Waals surface area contributed by atoms with Gasteiger partial charge in [0.25, 0.3) is 0 Å². The third-order valence-corrected chi connectivity index (χ3v) is 14.1. The number of nitrogens with two attached hydrogens (primary N) is 2. The van der Waals surface area contributed by atoms with Crippen molar-refractivity contribution in [3.8, 4) is 22.5 Å². The molecule has 0 amide bonds. The molecule has 2 aliphatic heterocycles. The van der Waals surface area contributed by atoms with Crippen LogP contribution in [0.2, 0.25) is 0 Å². The Balaban J connectivity index is 0.000000220. The van der Waals surface area contributed by atoms with Gasteiger partial charge in [-0.2, -0.15) is 0 Å². The molecular weight excluding hydrogens is 1050 g/mol. The number of benzene rings is 6. The summed E-state index contributed by atoms with van der Waals surface area (Å²) < 4.78 is 87.8. The summed E-state index contributed by atoms with van der Waals surface area (Å²) in [6.07, 6.45) is 9.57. The van der Waals surface area contributed by atoms with Crippen molar-refractivity contribution < 1.29 is 94.5 Å². The number of hydrogen-bond acceptors (Lipinski definition) is 20. The minimum Gasteiger partial charge on any atom is -0.744 e. The fourth-order valence-electron chi connectivity index (χ4n) is 8.91. The second-order valence-electron chi connectivity index (χ2n) is 17.1. The first-order valence-electron chi connectivity index (χ1n) is 23.8. The summed E-state index contributed by atoms with van der Waals surface area (Å²) in [5, 5.41) is 29.9. The van der Waals surface area contributed by atoms with E-state index in [0.29, 0.717) is 98.1 Å². The standard InChI is InChI=1S/2C27H26N6O4S.2Na/c2*28-24-23(22-13-14-29-32-31-22)26(33-15-17-37-18-16-33)25(30-20-9-5-2-6-10-20)21(27(24)38(34,35)36)12-11-19-7-3-1-4-8-19;;/h2*1-14,30H,15-18,28H2,(H,34,35,36);;/q;;2*+1/p-2. The van der Waals surface area contributed by atoms with E-state index in [-0.39, 0.29) is 92.7 Å². The Morgan fingerprint density at radius 1 is 0.487 bits per heavy atom. The van der Waals surface area contributed by atoms with Crippen molar-refractivity contribution in [2.75, 3.05) is 84.5 Å². The van der Waals surface area contributed by atoms with Gasteiger partial charge in [0.2, 0.25) is 0 Å². The van der Waals surface area contributed by atoms with Gasteiger partial charge in [0.15, 0.2) is 0 Å². The number of nitrogen functional groups attached to an aromatic ring is 2. The third kappa shape index (κ3) is 14.1. The maximum Gasteiger partial charge on any atom is 1.00 e. The number of nitrogens with zero attached hydrogens (tertiary/aromatic N) is 8. The Hall–Kier alpha value is -6.64. The topological polar surface area (TPSA) is 293 Å². The molecule has 24 heteroatoms. The first kappa shape index (κ1) is 59.0. The van der Waals surface area contributed by atoms with Crippen molar-refractivity contribution in [2.24, 2.45) is 0 Å². The van der Waals surface area contributed by atoms with Crippen molar-refractivity contribution in [2.45, 2.75) is 9.79 Å². The van der Waals surface area contributed by atoms with Gasteiger partial charge >= 0.3 is 59.1 Å². The van der Waals surface area contributed by atoms with Crippen LogP contribution >= 0.6 is 0 Å². The Morgan fingerprint density at radius 3 is 1.13 bits per heavy atom. The monoisotopic (exact) mass is 1100 g/mol. The molecule has 0 spiro atoms. The van der Waals surface area contributed by atoms with Crippen molar-refractivity contribution in [3.63, 3.8) is 0 Å². The second-order valence-corrected chi connectivity index (χ2v) is 19.7. The van der Waals surface area contributed by atoms with E-state index in [9.17, 15) is 25.9 Å². The molecule has 0 saturated carbocycles. The van der Waals surface area contributed by atoms with Gasteiger partial charge in [0.1, 0.15) is 31.6 Å². The Kier molecular flexibility index (Phi) is 20.7. The molecule has 2 fully saturated rings. The first-order valence-corrected chi connectivity index (χ1v) is 26.6. The van der Waals surface area contributed by atoms with E-state index in [4.69, 9.17) is 20.9 Å². The number of hydrogen-bond donors (Lipinski definition) is 4. The zero-order chi connectivity index (χ0) is 53.1. The zero-order valence-corrected chi connectivity index (χ0v) is 48.3. The number of anilines is 8. The number of rotatable bonds is 14. The Labute approximate surface area is 496 Å². The molecule has 6 N–H and O–H groups in total. The van der Waals surface area contributed by atoms with Crippen LogP contribution in [0.25, 0.3) is 46.8 Å². The first-order chi connectivity index (χ1) is 36.9. The molecule has 2 saturated heterocycles. The van der Waals surface area contributed by atoms with Crippen LogP contribution in [0.15, 0.2) is 156 Å². The average Bonchev–Trinajstić information content (AvgIpc) is 3.44. The predicted molar refractivity (Wildman–Crippen MR) is 292 cm³/mol. The number of para-hydroxylation sites is 2. The van der Waals surface area contributed by atoms with Crippen LogP contribution in [-0.2, 0) is 29.7 Å². The van der Waals surface area contributed by atoms with Crippen LogP contribution in [0.3, 0.4) is 0 Å². The van der Waals surface area contributed by atoms with Gasteiger partial charge < -0.3 is 50.5 Å². The van der Waals surface area contributed by atoms with Crippen LogP contribution in [0, 0.1) is 0 Å². The summed E-state index contributed by atoms with van der Waals surface area (Å²) in [6.45, 7) is 3.90. The molecule has 0 aliphatic carbocycles. The number of aromatic nitrogens is 6. The predicted octanol–water partition coefficient (Wildman–Crippen LogP) is 1.56. The van der Waals surface area contributed by atoms with E-state index in [1.54, 1.807) is 36.4 Å². The summed E-state index contributed by atoms with van der Waals surface area (Å²) in [4.78, 5) is 3.02. The van der Waals surface area contributed by atoms with Crippen molar-refractivity contribution in [3.05, 3.63) is 168 Å². The van der Waals surface area contributed by atoms with Gasteiger partial charge in [-0.05, 0) is 58.0 Å². The summed E-state index contributed by atoms with van der Waals surface area (Å²) >= 11 is 0. The van der Waals surface area contributed by atoms with Gasteiger partial charge in [-0.25, -0.2) is 16.8 Å². The second kappa shape index (κ2) is 27.3. The largest absolute Gasteiger partial charge is 1.00 e. The van der Waals surface area contributed by atoms with Gasteiger partial charge in [-0.15, -0.1) is 20.4 Å². The summed E-state index contributed by atoms with van der Waals surface area (Å²) in [5.41, 5.74) is 19.2. The Morgan fingerprint density at radius 2 is 0.821 bits per heavy atom. The van der Waals surface area contributed by atoms with E-state index in [0.717, 1.165) is 11.1 Å². The van der Waals surface area contributed by atoms with E-state index in [1.165, 1.54) is 12.4 Å². The van der Waals surface area contributed by atoms with Crippen molar-refractivity contribution in [1.29, 1.82) is 0 Å².